The van der Waals surface area contributed by atoms with Gasteiger partial charge in [0, 0.05) is 17.1 Å². The molecule has 1 aromatic heterocycles. The van der Waals surface area contributed by atoms with Crippen molar-refractivity contribution in [2.24, 2.45) is 0 Å². The van der Waals surface area contributed by atoms with E-state index in [4.69, 9.17) is 9.47 Å². The molecule has 134 valence electrons. The molecule has 2 aromatic rings. The highest BCUT2D eigenvalue weighted by Gasteiger charge is 2.18. The van der Waals surface area contributed by atoms with Crippen molar-refractivity contribution in [2.75, 3.05) is 18.5 Å². The van der Waals surface area contributed by atoms with Crippen molar-refractivity contribution in [3.63, 3.8) is 0 Å². The lowest BCUT2D eigenvalue weighted by molar-refractivity contribution is -0.116. The number of hydrogen-bond acceptors (Lipinski definition) is 4. The quantitative estimate of drug-likeness (QED) is 0.782. The van der Waals surface area contributed by atoms with Gasteiger partial charge in [-0.2, -0.15) is 0 Å². The Labute approximate surface area is 147 Å². The van der Waals surface area contributed by atoms with Crippen molar-refractivity contribution >= 4 is 17.6 Å². The molecule has 0 saturated heterocycles. The van der Waals surface area contributed by atoms with Gasteiger partial charge in [-0.3, -0.25) is 4.79 Å². The molecule has 0 saturated carbocycles. The van der Waals surface area contributed by atoms with E-state index < -0.39 is 0 Å². The molecule has 0 radical (unpaired) electrons. The molecule has 1 heterocycles. The Bertz CT molecular complexity index is 748. The van der Waals surface area contributed by atoms with Crippen LogP contribution in [-0.4, -0.2) is 29.7 Å². The van der Waals surface area contributed by atoms with Gasteiger partial charge in [0.05, 0.1) is 18.8 Å². The second-order valence-corrected chi connectivity index (χ2v) is 5.60. The highest BCUT2D eigenvalue weighted by atomic mass is 16.5. The Morgan fingerprint density at radius 3 is 2.36 bits per heavy atom. The molecule has 1 amide bonds. The van der Waals surface area contributed by atoms with Crippen molar-refractivity contribution in [3.05, 3.63) is 47.3 Å². The number of carbonyl (C=O) groups is 2. The van der Waals surface area contributed by atoms with Crippen LogP contribution >= 0.6 is 0 Å². The van der Waals surface area contributed by atoms with Crippen LogP contribution in [0.1, 0.15) is 35.6 Å². The normalized spacial score (nSPS) is 10.4. The molecule has 2 rings (SSSR count). The predicted octanol–water partition coefficient (Wildman–Crippen LogP) is 3.32. The third-order valence-electron chi connectivity index (χ3n) is 3.82. The summed E-state index contributed by atoms with van der Waals surface area (Å²) in [5, 5.41) is 2.85. The number of aromatic nitrogens is 1. The van der Waals surface area contributed by atoms with Crippen LogP contribution in [0.2, 0.25) is 0 Å². The molecule has 0 unspecified atom stereocenters. The van der Waals surface area contributed by atoms with E-state index in [1.807, 2.05) is 32.9 Å². The summed E-state index contributed by atoms with van der Waals surface area (Å²) in [5.41, 5.74) is 2.75. The topological polar surface area (TPSA) is 69.6 Å². The molecule has 0 atom stereocenters. The van der Waals surface area contributed by atoms with Gasteiger partial charge in [-0.15, -0.1) is 0 Å². The van der Waals surface area contributed by atoms with E-state index in [0.29, 0.717) is 24.5 Å². The monoisotopic (exact) mass is 344 g/mol. The van der Waals surface area contributed by atoms with Crippen LogP contribution in [-0.2, 0) is 16.1 Å². The molecule has 0 aliphatic heterocycles. The summed E-state index contributed by atoms with van der Waals surface area (Å²) in [6, 6.07) is 8.95. The number of hydrogen-bond donors (Lipinski definition) is 1. The van der Waals surface area contributed by atoms with Crippen LogP contribution in [0.5, 0.6) is 5.75 Å². The van der Waals surface area contributed by atoms with Crippen molar-refractivity contribution < 1.29 is 19.1 Å². The van der Waals surface area contributed by atoms with E-state index in [2.05, 4.69) is 5.32 Å². The Morgan fingerprint density at radius 2 is 1.76 bits per heavy atom. The van der Waals surface area contributed by atoms with E-state index in [1.54, 1.807) is 29.7 Å². The summed E-state index contributed by atoms with van der Waals surface area (Å²) in [6.45, 7) is 8.40. The Kier molecular flexibility index (Phi) is 6.22. The molecule has 6 heteroatoms. The fraction of sp³-hybridized carbons (Fsp3) is 0.368. The number of amides is 1. The lowest BCUT2D eigenvalue weighted by atomic mass is 10.2. The van der Waals surface area contributed by atoms with Crippen LogP contribution in [0, 0.1) is 13.8 Å². The van der Waals surface area contributed by atoms with Gasteiger partial charge in [0.1, 0.15) is 12.3 Å². The van der Waals surface area contributed by atoms with Gasteiger partial charge < -0.3 is 19.4 Å². The van der Waals surface area contributed by atoms with Gasteiger partial charge in [0.25, 0.3) is 0 Å². The number of aryl methyl sites for hydroxylation is 1. The minimum Gasteiger partial charge on any atom is -0.494 e. The van der Waals surface area contributed by atoms with Crippen LogP contribution < -0.4 is 10.1 Å². The number of anilines is 1. The minimum atomic E-state index is -0.367. The molecular weight excluding hydrogens is 320 g/mol. The van der Waals surface area contributed by atoms with Gasteiger partial charge in [-0.1, -0.05) is 0 Å². The third kappa shape index (κ3) is 4.62. The van der Waals surface area contributed by atoms with Crippen molar-refractivity contribution in [1.82, 2.24) is 4.57 Å². The lowest BCUT2D eigenvalue weighted by Gasteiger charge is -2.11. The third-order valence-corrected chi connectivity index (χ3v) is 3.82. The van der Waals surface area contributed by atoms with Gasteiger partial charge >= 0.3 is 5.97 Å². The molecule has 25 heavy (non-hydrogen) atoms. The molecule has 0 fully saturated rings. The zero-order chi connectivity index (χ0) is 18.4. The summed E-state index contributed by atoms with van der Waals surface area (Å²) in [7, 11) is 0. The van der Waals surface area contributed by atoms with E-state index in [0.717, 1.165) is 17.1 Å². The summed E-state index contributed by atoms with van der Waals surface area (Å²) in [4.78, 5) is 24.3. The Morgan fingerprint density at radius 1 is 1.08 bits per heavy atom. The minimum absolute atomic E-state index is 0.129. The molecule has 0 bridgehead atoms. The SMILES string of the molecule is CCOC(=O)c1cc(C)n(CC(=O)Nc2ccc(OCC)cc2)c1C. The van der Waals surface area contributed by atoms with Crippen molar-refractivity contribution in [2.45, 2.75) is 34.2 Å². The molecule has 1 aromatic carbocycles. The van der Waals surface area contributed by atoms with Crippen LogP contribution in [0.3, 0.4) is 0 Å². The molecule has 0 aliphatic carbocycles. The maximum atomic E-state index is 12.3. The molecule has 0 spiro atoms. The average Bonchev–Trinajstić information content (AvgIpc) is 2.85. The fourth-order valence-corrected chi connectivity index (χ4v) is 2.61. The maximum absolute atomic E-state index is 12.3. The average molecular weight is 344 g/mol. The first-order valence-corrected chi connectivity index (χ1v) is 8.32. The highest BCUT2D eigenvalue weighted by molar-refractivity contribution is 5.93. The van der Waals surface area contributed by atoms with Gasteiger partial charge in [0.15, 0.2) is 0 Å². The molecule has 6 nitrogen and oxygen atoms in total. The van der Waals surface area contributed by atoms with E-state index in [1.165, 1.54) is 0 Å². The number of nitrogens with zero attached hydrogens (tertiary/aromatic N) is 1. The number of benzene rings is 1. The lowest BCUT2D eigenvalue weighted by Crippen LogP contribution is -2.20. The second kappa shape index (κ2) is 8.37. The molecule has 1 N–H and O–H groups in total. The van der Waals surface area contributed by atoms with Crippen molar-refractivity contribution in [3.8, 4) is 5.75 Å². The van der Waals surface area contributed by atoms with Crippen LogP contribution in [0.4, 0.5) is 5.69 Å². The fourth-order valence-electron chi connectivity index (χ4n) is 2.61. The first-order chi connectivity index (χ1) is 12.0. The van der Waals surface area contributed by atoms with E-state index in [-0.39, 0.29) is 18.4 Å². The second-order valence-electron chi connectivity index (χ2n) is 5.60. The number of carbonyl (C=O) groups excluding carboxylic acids is 2. The first kappa shape index (κ1) is 18.6. The smallest absolute Gasteiger partial charge is 0.339 e. The number of ether oxygens (including phenoxy) is 2. The Balaban J connectivity index is 2.06. The summed E-state index contributed by atoms with van der Waals surface area (Å²) < 4.78 is 12.2. The van der Waals surface area contributed by atoms with Gasteiger partial charge in [-0.25, -0.2) is 4.79 Å². The standard InChI is InChI=1S/C19H24N2O4/c1-5-24-16-9-7-15(8-10-16)20-18(22)12-21-13(3)11-17(14(21)4)19(23)25-6-2/h7-11H,5-6,12H2,1-4H3,(H,20,22). The molecular formula is C19H24N2O4. The van der Waals surface area contributed by atoms with E-state index >= 15 is 0 Å². The van der Waals surface area contributed by atoms with Gasteiger partial charge in [-0.05, 0) is 58.0 Å². The number of rotatable bonds is 7. The zero-order valence-corrected chi connectivity index (χ0v) is 15.1. The molecule has 0 aliphatic rings. The maximum Gasteiger partial charge on any atom is 0.339 e. The largest absolute Gasteiger partial charge is 0.494 e. The van der Waals surface area contributed by atoms with Crippen LogP contribution in [0.15, 0.2) is 30.3 Å². The Hall–Kier alpha value is -2.76. The zero-order valence-electron chi connectivity index (χ0n) is 15.1. The first-order valence-electron chi connectivity index (χ1n) is 8.32. The highest BCUT2D eigenvalue weighted by Crippen LogP contribution is 2.18. The summed E-state index contributed by atoms with van der Waals surface area (Å²) in [6.07, 6.45) is 0. The van der Waals surface area contributed by atoms with E-state index in [9.17, 15) is 9.59 Å². The summed E-state index contributed by atoms with van der Waals surface area (Å²) >= 11 is 0. The van der Waals surface area contributed by atoms with Crippen LogP contribution in [0.25, 0.3) is 0 Å². The van der Waals surface area contributed by atoms with Crippen molar-refractivity contribution in [1.29, 1.82) is 0 Å². The summed E-state index contributed by atoms with van der Waals surface area (Å²) in [5.74, 6) is 0.229. The predicted molar refractivity (Wildman–Crippen MR) is 96.1 cm³/mol. The van der Waals surface area contributed by atoms with Gasteiger partial charge in [0.2, 0.25) is 5.91 Å². The number of nitrogens with one attached hydrogen (secondary N) is 1. The number of esters is 1.